The number of halogens is 2. The Balaban J connectivity index is 0.00000288. The maximum Gasteiger partial charge on any atom is 0.220 e. The number of nitrogens with one attached hydrogen (secondary N) is 3. The van der Waals surface area contributed by atoms with Gasteiger partial charge in [0.2, 0.25) is 5.91 Å². The number of hydrogen-bond acceptors (Lipinski definition) is 2. The minimum atomic E-state index is -0.182. The monoisotopic (exact) mass is 448 g/mol. The van der Waals surface area contributed by atoms with Crippen LogP contribution in [0.2, 0.25) is 0 Å². The van der Waals surface area contributed by atoms with Crippen LogP contribution >= 0.6 is 24.0 Å². The number of benzene rings is 1. The lowest BCUT2D eigenvalue weighted by Gasteiger charge is -2.12. The highest BCUT2D eigenvalue weighted by atomic mass is 127. The molecule has 0 radical (unpaired) electrons. The Hall–Kier alpha value is -1.38. The third-order valence-corrected chi connectivity index (χ3v) is 3.68. The molecule has 3 N–H and O–H groups in total. The second kappa shape index (κ2) is 11.2. The van der Waals surface area contributed by atoms with E-state index in [1.165, 1.54) is 6.07 Å². The van der Waals surface area contributed by atoms with Gasteiger partial charge in [-0.25, -0.2) is 4.39 Å². The lowest BCUT2D eigenvalue weighted by molar-refractivity contribution is -0.121. The van der Waals surface area contributed by atoms with Crippen LogP contribution in [-0.4, -0.2) is 38.0 Å². The average molecular weight is 448 g/mol. The van der Waals surface area contributed by atoms with Gasteiger partial charge in [-0.15, -0.1) is 24.0 Å². The van der Waals surface area contributed by atoms with E-state index in [2.05, 4.69) is 20.9 Å². The van der Waals surface area contributed by atoms with Crippen LogP contribution in [0, 0.1) is 5.82 Å². The summed E-state index contributed by atoms with van der Waals surface area (Å²) >= 11 is 0. The molecule has 0 saturated heterocycles. The van der Waals surface area contributed by atoms with E-state index in [0.29, 0.717) is 43.5 Å². The van der Waals surface area contributed by atoms with Crippen LogP contribution in [0.3, 0.4) is 0 Å². The first-order valence-electron chi connectivity index (χ1n) is 8.16. The number of nitrogens with zero attached hydrogens (tertiary/aromatic N) is 1. The highest BCUT2D eigenvalue weighted by Gasteiger charge is 2.22. The normalized spacial score (nSPS) is 13.8. The zero-order chi connectivity index (χ0) is 16.5. The fourth-order valence-corrected chi connectivity index (χ4v) is 2.22. The highest BCUT2D eigenvalue weighted by molar-refractivity contribution is 14.0. The van der Waals surface area contributed by atoms with Crippen LogP contribution in [0.4, 0.5) is 4.39 Å². The predicted octanol–water partition coefficient (Wildman–Crippen LogP) is 2.21. The average Bonchev–Trinajstić information content (AvgIpc) is 3.35. The molecule has 1 aliphatic carbocycles. The van der Waals surface area contributed by atoms with Crippen molar-refractivity contribution in [1.82, 2.24) is 16.0 Å². The van der Waals surface area contributed by atoms with E-state index in [0.717, 1.165) is 19.3 Å². The molecule has 1 aliphatic rings. The van der Waals surface area contributed by atoms with Gasteiger partial charge in [-0.3, -0.25) is 9.79 Å². The second-order valence-electron chi connectivity index (χ2n) is 5.71. The predicted molar refractivity (Wildman–Crippen MR) is 105 cm³/mol. The molecule has 0 bridgehead atoms. The van der Waals surface area contributed by atoms with Gasteiger partial charge in [0.15, 0.2) is 5.96 Å². The molecule has 0 heterocycles. The maximum absolute atomic E-state index is 13.5. The van der Waals surface area contributed by atoms with E-state index < -0.39 is 0 Å². The number of aliphatic imine (C=N–C) groups is 1. The van der Waals surface area contributed by atoms with Gasteiger partial charge in [-0.1, -0.05) is 18.2 Å². The zero-order valence-electron chi connectivity index (χ0n) is 14.0. The van der Waals surface area contributed by atoms with Gasteiger partial charge in [0.1, 0.15) is 5.82 Å². The Morgan fingerprint density at radius 1 is 1.25 bits per heavy atom. The molecule has 24 heavy (non-hydrogen) atoms. The largest absolute Gasteiger partial charge is 0.356 e. The van der Waals surface area contributed by atoms with Gasteiger partial charge in [-0.05, 0) is 37.3 Å². The number of carbonyl (C=O) groups excluding carboxylic acids is 1. The van der Waals surface area contributed by atoms with Gasteiger partial charge in [-0.2, -0.15) is 0 Å². The summed E-state index contributed by atoms with van der Waals surface area (Å²) in [4.78, 5) is 15.7. The summed E-state index contributed by atoms with van der Waals surface area (Å²) in [5, 5.41) is 9.27. The summed E-state index contributed by atoms with van der Waals surface area (Å²) in [6.07, 6.45) is 4.10. The van der Waals surface area contributed by atoms with Gasteiger partial charge in [0.25, 0.3) is 0 Å². The molecule has 0 spiro atoms. The molecular weight excluding hydrogens is 422 g/mol. The van der Waals surface area contributed by atoms with Crippen LogP contribution in [0.5, 0.6) is 0 Å². The van der Waals surface area contributed by atoms with Gasteiger partial charge in [0.05, 0.1) is 0 Å². The van der Waals surface area contributed by atoms with Gasteiger partial charge in [0, 0.05) is 32.6 Å². The molecule has 1 amide bonds. The van der Waals surface area contributed by atoms with E-state index in [1.54, 1.807) is 19.2 Å². The van der Waals surface area contributed by atoms with Crippen LogP contribution in [0.15, 0.2) is 29.3 Å². The van der Waals surface area contributed by atoms with Crippen molar-refractivity contribution < 1.29 is 9.18 Å². The van der Waals surface area contributed by atoms with E-state index >= 15 is 0 Å². The van der Waals surface area contributed by atoms with Crippen molar-refractivity contribution in [3.8, 4) is 0 Å². The van der Waals surface area contributed by atoms with Crippen molar-refractivity contribution in [3.63, 3.8) is 0 Å². The molecule has 0 unspecified atom stereocenters. The summed E-state index contributed by atoms with van der Waals surface area (Å²) in [6.45, 7) is 1.28. The third-order valence-electron chi connectivity index (χ3n) is 3.68. The molecule has 0 aliphatic heterocycles. The summed E-state index contributed by atoms with van der Waals surface area (Å²) in [5.74, 6) is 0.611. The number of guanidine groups is 1. The highest BCUT2D eigenvalue weighted by Crippen LogP contribution is 2.18. The first kappa shape index (κ1) is 20.7. The lowest BCUT2D eigenvalue weighted by atomic mass is 10.1. The van der Waals surface area contributed by atoms with E-state index in [9.17, 15) is 9.18 Å². The maximum atomic E-state index is 13.5. The molecule has 2 rings (SSSR count). The van der Waals surface area contributed by atoms with E-state index in [1.807, 2.05) is 6.07 Å². The SMILES string of the molecule is CN=C(NCCCC(=O)NC1CC1)NCCc1ccccc1F.I. The molecule has 1 aromatic carbocycles. The molecule has 1 fully saturated rings. The van der Waals surface area contributed by atoms with E-state index in [-0.39, 0.29) is 35.7 Å². The topological polar surface area (TPSA) is 65.5 Å². The Morgan fingerprint density at radius 2 is 1.96 bits per heavy atom. The van der Waals surface area contributed by atoms with Crippen LogP contribution in [0.1, 0.15) is 31.2 Å². The van der Waals surface area contributed by atoms with Gasteiger partial charge >= 0.3 is 0 Å². The zero-order valence-corrected chi connectivity index (χ0v) is 16.3. The molecule has 7 heteroatoms. The first-order valence-corrected chi connectivity index (χ1v) is 8.16. The molecule has 134 valence electrons. The van der Waals surface area contributed by atoms with Crippen molar-refractivity contribution in [2.45, 2.75) is 38.1 Å². The minimum Gasteiger partial charge on any atom is -0.356 e. The Morgan fingerprint density at radius 3 is 2.62 bits per heavy atom. The number of carbonyl (C=O) groups is 1. The summed E-state index contributed by atoms with van der Waals surface area (Å²) < 4.78 is 13.5. The molecular formula is C17H26FIN4O. The molecule has 0 atom stereocenters. The molecule has 1 aromatic rings. The fourth-order valence-electron chi connectivity index (χ4n) is 2.22. The summed E-state index contributed by atoms with van der Waals surface area (Å²) in [7, 11) is 1.69. The Kier molecular flexibility index (Phi) is 9.66. The lowest BCUT2D eigenvalue weighted by Crippen LogP contribution is -2.39. The Bertz CT molecular complexity index is 549. The quantitative estimate of drug-likeness (QED) is 0.247. The van der Waals surface area contributed by atoms with E-state index in [4.69, 9.17) is 0 Å². The smallest absolute Gasteiger partial charge is 0.220 e. The van der Waals surface area contributed by atoms with Crippen molar-refractivity contribution in [1.29, 1.82) is 0 Å². The molecule has 0 aromatic heterocycles. The summed E-state index contributed by atoms with van der Waals surface area (Å²) in [5.41, 5.74) is 0.687. The Labute approximate surface area is 159 Å². The molecule has 5 nitrogen and oxygen atoms in total. The van der Waals surface area contributed by atoms with Gasteiger partial charge < -0.3 is 16.0 Å². The van der Waals surface area contributed by atoms with Crippen molar-refractivity contribution in [3.05, 3.63) is 35.6 Å². The first-order chi connectivity index (χ1) is 11.2. The van der Waals surface area contributed by atoms with Crippen LogP contribution in [-0.2, 0) is 11.2 Å². The van der Waals surface area contributed by atoms with Crippen LogP contribution in [0.25, 0.3) is 0 Å². The standard InChI is InChI=1S/C17H25FN4O.HI/c1-19-17(20-11-4-7-16(23)22-14-8-9-14)21-12-10-13-5-2-3-6-15(13)18;/h2-3,5-6,14H,4,7-12H2,1H3,(H,22,23)(H2,19,20,21);1H. The molecule has 1 saturated carbocycles. The fraction of sp³-hybridized carbons (Fsp3) is 0.529. The van der Waals surface area contributed by atoms with Crippen molar-refractivity contribution >= 4 is 35.8 Å². The number of rotatable bonds is 8. The van der Waals surface area contributed by atoms with Crippen molar-refractivity contribution in [2.75, 3.05) is 20.1 Å². The van der Waals surface area contributed by atoms with Crippen molar-refractivity contribution in [2.24, 2.45) is 4.99 Å². The third kappa shape index (κ3) is 7.94. The number of hydrogen-bond donors (Lipinski definition) is 3. The summed E-state index contributed by atoms with van der Waals surface area (Å²) in [6, 6.07) is 7.19. The second-order valence-corrected chi connectivity index (χ2v) is 5.71. The minimum absolute atomic E-state index is 0. The number of amides is 1. The van der Waals surface area contributed by atoms with Crippen LogP contribution < -0.4 is 16.0 Å².